The molecule has 1 saturated carbocycles. The third kappa shape index (κ3) is 4.99. The summed E-state index contributed by atoms with van der Waals surface area (Å²) in [4.78, 5) is 45.4. The normalized spacial score (nSPS) is 24.4. The maximum Gasteiger partial charge on any atom is 0.325 e. The standard InChI is InChI=1S/C27H40N4O3/c1-20-9-4-5-12-22(20)19-27(25(33)31(26(34)28-27)16-8-15-29(2)3)23-13-17-30(18-14-23)24(32)21-10-6-7-11-21/h4-5,9,12,21,23H,6-8,10-11,13-19H2,1-3H3,(H,28,34). The smallest absolute Gasteiger partial charge is 0.325 e. The molecule has 1 atom stereocenters. The van der Waals surface area contributed by atoms with Gasteiger partial charge in [-0.2, -0.15) is 0 Å². The van der Waals surface area contributed by atoms with Crippen LogP contribution in [0.1, 0.15) is 56.1 Å². The fourth-order valence-electron chi connectivity index (χ4n) is 6.07. The molecule has 186 valence electrons. The highest BCUT2D eigenvalue weighted by Crippen LogP contribution is 2.38. The van der Waals surface area contributed by atoms with E-state index < -0.39 is 5.54 Å². The van der Waals surface area contributed by atoms with Gasteiger partial charge in [0.25, 0.3) is 5.91 Å². The molecule has 1 N–H and O–H groups in total. The third-order valence-corrected chi connectivity index (χ3v) is 8.13. The van der Waals surface area contributed by atoms with Gasteiger partial charge in [-0.25, -0.2) is 4.79 Å². The van der Waals surface area contributed by atoms with E-state index in [2.05, 4.69) is 29.3 Å². The molecule has 2 heterocycles. The maximum absolute atomic E-state index is 13.9. The highest BCUT2D eigenvalue weighted by atomic mass is 16.2. The number of carbonyl (C=O) groups excluding carboxylic acids is 3. The summed E-state index contributed by atoms with van der Waals surface area (Å²) in [6.07, 6.45) is 7.03. The zero-order valence-electron chi connectivity index (χ0n) is 21.0. The van der Waals surface area contributed by atoms with Crippen molar-refractivity contribution >= 4 is 17.8 Å². The van der Waals surface area contributed by atoms with Crippen molar-refractivity contribution in [1.29, 1.82) is 0 Å². The number of hydrogen-bond donors (Lipinski definition) is 1. The topological polar surface area (TPSA) is 73.0 Å². The number of imide groups is 1. The van der Waals surface area contributed by atoms with Gasteiger partial charge in [-0.15, -0.1) is 0 Å². The van der Waals surface area contributed by atoms with Crippen LogP contribution in [-0.2, 0) is 16.0 Å². The van der Waals surface area contributed by atoms with Crippen molar-refractivity contribution < 1.29 is 14.4 Å². The van der Waals surface area contributed by atoms with Gasteiger partial charge >= 0.3 is 6.03 Å². The molecule has 1 unspecified atom stereocenters. The lowest BCUT2D eigenvalue weighted by Crippen LogP contribution is -2.58. The second kappa shape index (κ2) is 10.5. The van der Waals surface area contributed by atoms with Crippen LogP contribution >= 0.6 is 0 Å². The van der Waals surface area contributed by atoms with Crippen LogP contribution in [0.25, 0.3) is 0 Å². The van der Waals surface area contributed by atoms with Gasteiger partial charge in [0.05, 0.1) is 0 Å². The molecule has 2 saturated heterocycles. The number of aryl methyl sites for hydroxylation is 1. The van der Waals surface area contributed by atoms with Gasteiger partial charge in [0.2, 0.25) is 5.91 Å². The number of rotatable bonds is 8. The van der Waals surface area contributed by atoms with Crippen LogP contribution < -0.4 is 5.32 Å². The molecular formula is C27H40N4O3. The van der Waals surface area contributed by atoms with Crippen LogP contribution in [0, 0.1) is 18.8 Å². The van der Waals surface area contributed by atoms with Crippen molar-refractivity contribution in [2.45, 2.75) is 63.8 Å². The molecule has 1 aromatic rings. The first-order valence-corrected chi connectivity index (χ1v) is 12.9. The Kier molecular flexibility index (Phi) is 7.60. The highest BCUT2D eigenvalue weighted by molar-refractivity contribution is 6.07. The van der Waals surface area contributed by atoms with E-state index in [0.29, 0.717) is 26.1 Å². The molecule has 4 amide bonds. The van der Waals surface area contributed by atoms with E-state index in [0.717, 1.165) is 62.6 Å². The van der Waals surface area contributed by atoms with E-state index in [4.69, 9.17) is 0 Å². The first-order valence-electron chi connectivity index (χ1n) is 12.9. The van der Waals surface area contributed by atoms with E-state index in [-0.39, 0.29) is 29.7 Å². The van der Waals surface area contributed by atoms with Crippen molar-refractivity contribution in [3.05, 3.63) is 35.4 Å². The van der Waals surface area contributed by atoms with Crippen molar-refractivity contribution in [3.63, 3.8) is 0 Å². The van der Waals surface area contributed by atoms with Crippen LogP contribution in [0.2, 0.25) is 0 Å². The predicted molar refractivity (Wildman–Crippen MR) is 132 cm³/mol. The molecule has 34 heavy (non-hydrogen) atoms. The van der Waals surface area contributed by atoms with Gasteiger partial charge in [-0.3, -0.25) is 14.5 Å². The molecule has 0 spiro atoms. The number of hydrogen-bond acceptors (Lipinski definition) is 4. The first kappa shape index (κ1) is 24.7. The maximum atomic E-state index is 13.9. The fraction of sp³-hybridized carbons (Fsp3) is 0.667. The molecule has 3 aliphatic rings. The Labute approximate surface area is 203 Å². The Hall–Kier alpha value is -2.41. The number of nitrogens with zero attached hydrogens (tertiary/aromatic N) is 3. The Morgan fingerprint density at radius 1 is 1.09 bits per heavy atom. The zero-order valence-corrected chi connectivity index (χ0v) is 21.0. The average molecular weight is 469 g/mol. The average Bonchev–Trinajstić information content (AvgIpc) is 3.44. The summed E-state index contributed by atoms with van der Waals surface area (Å²) in [5.41, 5.74) is 1.28. The summed E-state index contributed by atoms with van der Waals surface area (Å²) in [6.45, 7) is 4.64. The SMILES string of the molecule is Cc1ccccc1CC1(C2CCN(C(=O)C3CCCC3)CC2)NC(=O)N(CCCN(C)C)C1=O. The summed E-state index contributed by atoms with van der Waals surface area (Å²) >= 11 is 0. The minimum absolute atomic E-state index is 0.00929. The Morgan fingerprint density at radius 2 is 1.76 bits per heavy atom. The van der Waals surface area contributed by atoms with Gasteiger partial charge in [0, 0.05) is 32.0 Å². The van der Waals surface area contributed by atoms with Crippen LogP contribution in [0.3, 0.4) is 0 Å². The lowest BCUT2D eigenvalue weighted by atomic mass is 9.73. The predicted octanol–water partition coefficient (Wildman–Crippen LogP) is 3.21. The van der Waals surface area contributed by atoms with Crippen LogP contribution in [0.15, 0.2) is 24.3 Å². The molecule has 7 nitrogen and oxygen atoms in total. The van der Waals surface area contributed by atoms with E-state index >= 15 is 0 Å². The van der Waals surface area contributed by atoms with Gasteiger partial charge in [0.15, 0.2) is 0 Å². The van der Waals surface area contributed by atoms with E-state index in [9.17, 15) is 14.4 Å². The van der Waals surface area contributed by atoms with Crippen LogP contribution in [-0.4, -0.2) is 78.4 Å². The number of urea groups is 1. The molecular weight excluding hydrogens is 428 g/mol. The summed E-state index contributed by atoms with van der Waals surface area (Å²) in [7, 11) is 3.99. The number of piperidine rings is 1. The van der Waals surface area contributed by atoms with Crippen molar-refractivity contribution in [2.24, 2.45) is 11.8 Å². The van der Waals surface area contributed by atoms with E-state index in [1.807, 2.05) is 31.1 Å². The molecule has 1 aromatic carbocycles. The summed E-state index contributed by atoms with van der Waals surface area (Å²) in [6, 6.07) is 7.84. The van der Waals surface area contributed by atoms with E-state index in [1.54, 1.807) is 0 Å². The lowest BCUT2D eigenvalue weighted by molar-refractivity contribution is -0.138. The molecule has 3 fully saturated rings. The van der Waals surface area contributed by atoms with Gasteiger partial charge in [0.1, 0.15) is 5.54 Å². The minimum atomic E-state index is -0.941. The molecule has 0 radical (unpaired) electrons. The lowest BCUT2D eigenvalue weighted by Gasteiger charge is -2.41. The number of carbonyl (C=O) groups is 3. The third-order valence-electron chi connectivity index (χ3n) is 8.13. The number of benzene rings is 1. The molecule has 1 aliphatic carbocycles. The van der Waals surface area contributed by atoms with Gasteiger partial charge in [-0.05, 0) is 76.7 Å². The number of nitrogens with one attached hydrogen (secondary N) is 1. The molecule has 0 aromatic heterocycles. The largest absolute Gasteiger partial charge is 0.342 e. The molecule has 2 aliphatic heterocycles. The summed E-state index contributed by atoms with van der Waals surface area (Å²) in [5, 5.41) is 3.17. The van der Waals surface area contributed by atoms with Gasteiger partial charge < -0.3 is 15.1 Å². The Morgan fingerprint density at radius 3 is 2.41 bits per heavy atom. The second-order valence-electron chi connectivity index (χ2n) is 10.7. The molecule has 7 heteroatoms. The summed E-state index contributed by atoms with van der Waals surface area (Å²) in [5.74, 6) is 0.378. The Bertz CT molecular complexity index is 903. The monoisotopic (exact) mass is 468 g/mol. The fourth-order valence-corrected chi connectivity index (χ4v) is 6.07. The molecule has 4 rings (SSSR count). The quantitative estimate of drug-likeness (QED) is 0.595. The number of likely N-dealkylation sites (tertiary alicyclic amines) is 1. The van der Waals surface area contributed by atoms with Crippen LogP contribution in [0.5, 0.6) is 0 Å². The van der Waals surface area contributed by atoms with Crippen molar-refractivity contribution in [3.8, 4) is 0 Å². The first-order chi connectivity index (χ1) is 16.3. The number of amides is 4. The second-order valence-corrected chi connectivity index (χ2v) is 10.7. The van der Waals surface area contributed by atoms with Crippen molar-refractivity contribution in [1.82, 2.24) is 20.0 Å². The highest BCUT2D eigenvalue weighted by Gasteiger charge is 2.56. The van der Waals surface area contributed by atoms with E-state index in [1.165, 1.54) is 4.90 Å². The van der Waals surface area contributed by atoms with Gasteiger partial charge in [-0.1, -0.05) is 37.1 Å². The minimum Gasteiger partial charge on any atom is -0.342 e. The molecule has 0 bridgehead atoms. The zero-order chi connectivity index (χ0) is 24.3. The summed E-state index contributed by atoms with van der Waals surface area (Å²) < 4.78 is 0. The van der Waals surface area contributed by atoms with Crippen LogP contribution in [0.4, 0.5) is 4.79 Å². The Balaban J connectivity index is 1.53. The van der Waals surface area contributed by atoms with Crippen molar-refractivity contribution in [2.75, 3.05) is 40.3 Å².